The van der Waals surface area contributed by atoms with Crippen LogP contribution in [0, 0.1) is 0 Å². The summed E-state index contributed by atoms with van der Waals surface area (Å²) in [5, 5.41) is 30.5. The van der Waals surface area contributed by atoms with Crippen LogP contribution in [0.1, 0.15) is 142 Å². The Bertz CT molecular complexity index is 1210. The lowest BCUT2D eigenvalue weighted by Gasteiger charge is -2.24. The molecule has 0 bridgehead atoms. The van der Waals surface area contributed by atoms with Gasteiger partial charge in [-0.3, -0.25) is 13.8 Å². The lowest BCUT2D eigenvalue weighted by Crippen LogP contribution is -2.37. The molecule has 0 radical (unpaired) electrons. The Labute approximate surface area is 352 Å². The second-order valence-electron chi connectivity index (χ2n) is 16.0. The zero-order chi connectivity index (χ0) is 43.2. The fourth-order valence-corrected chi connectivity index (χ4v) is 6.37. The summed E-state index contributed by atoms with van der Waals surface area (Å²) in [6, 6.07) is 0. The van der Waals surface area contributed by atoms with E-state index in [-0.39, 0.29) is 32.5 Å². The number of quaternary nitrogens is 1. The van der Waals surface area contributed by atoms with Gasteiger partial charge in [-0.25, -0.2) is 4.57 Å². The number of esters is 1. The summed E-state index contributed by atoms with van der Waals surface area (Å²) < 4.78 is 34.4. The SMILES string of the molecule is CC/C=C\C[C@H](O)/C=C/C=C/C=C\C=C/[C@@H](O)[C@H](O)CCCC(=O)O[C@H](CO/C=C/CCCCCCCCCCCCCCCC)COP(=O)(O)OCC[N+](C)(C)C. The lowest BCUT2D eigenvalue weighted by molar-refractivity contribution is -0.870. The second kappa shape index (κ2) is 37.6. The third kappa shape index (κ3) is 39.1. The number of likely N-dealkylation sites (N-methyl/N-ethyl adjacent to an activating group) is 1. The maximum atomic E-state index is 12.7. The number of phosphoric acid groups is 1. The van der Waals surface area contributed by atoms with Crippen LogP contribution in [0.3, 0.4) is 0 Å². The molecule has 0 fully saturated rings. The molecule has 0 spiro atoms. The molecule has 0 saturated carbocycles. The monoisotopic (exact) mass is 841 g/mol. The number of unbranched alkanes of at least 4 members (excludes halogenated alkanes) is 14. The molecule has 0 aliphatic heterocycles. The number of aliphatic hydroxyl groups excluding tert-OH is 3. The minimum absolute atomic E-state index is 0.0118. The van der Waals surface area contributed by atoms with E-state index in [9.17, 15) is 29.6 Å². The predicted octanol–water partition coefficient (Wildman–Crippen LogP) is 9.97. The number of phosphoric ester groups is 1. The summed E-state index contributed by atoms with van der Waals surface area (Å²) in [6.45, 7) is 4.32. The third-order valence-electron chi connectivity index (χ3n) is 9.19. The van der Waals surface area contributed by atoms with Crippen LogP contribution in [0.2, 0.25) is 0 Å². The largest absolute Gasteiger partial charge is 0.498 e. The molecule has 1 unspecified atom stereocenters. The van der Waals surface area contributed by atoms with E-state index in [0.717, 1.165) is 25.7 Å². The van der Waals surface area contributed by atoms with Gasteiger partial charge in [-0.1, -0.05) is 158 Å². The van der Waals surface area contributed by atoms with Crippen molar-refractivity contribution in [1.29, 1.82) is 0 Å². The van der Waals surface area contributed by atoms with Crippen molar-refractivity contribution in [3.05, 3.63) is 73.1 Å². The Hall–Kier alpha value is -2.34. The van der Waals surface area contributed by atoms with Crippen molar-refractivity contribution < 1.29 is 52.6 Å². The van der Waals surface area contributed by atoms with E-state index in [1.165, 1.54) is 83.1 Å². The van der Waals surface area contributed by atoms with Gasteiger partial charge in [-0.15, -0.1) is 0 Å². The van der Waals surface area contributed by atoms with Gasteiger partial charge in [-0.05, 0) is 44.6 Å². The van der Waals surface area contributed by atoms with Crippen LogP contribution in [0.5, 0.6) is 0 Å². The summed E-state index contributed by atoms with van der Waals surface area (Å²) in [5.41, 5.74) is 0. The summed E-state index contributed by atoms with van der Waals surface area (Å²) >= 11 is 0. The van der Waals surface area contributed by atoms with Gasteiger partial charge in [0.15, 0.2) is 6.10 Å². The smallest absolute Gasteiger partial charge is 0.472 e. The molecule has 336 valence electrons. The van der Waals surface area contributed by atoms with E-state index in [1.54, 1.807) is 48.8 Å². The molecule has 58 heavy (non-hydrogen) atoms. The molecule has 5 atom stereocenters. The van der Waals surface area contributed by atoms with Crippen LogP contribution in [0.15, 0.2) is 73.1 Å². The van der Waals surface area contributed by atoms with Crippen LogP contribution < -0.4 is 0 Å². The van der Waals surface area contributed by atoms with Crippen molar-refractivity contribution in [2.45, 2.75) is 167 Å². The zero-order valence-electron chi connectivity index (χ0n) is 36.8. The fourth-order valence-electron chi connectivity index (χ4n) is 5.62. The average molecular weight is 841 g/mol. The number of ether oxygens (including phenoxy) is 2. The van der Waals surface area contributed by atoms with Gasteiger partial charge in [0.2, 0.25) is 0 Å². The highest BCUT2D eigenvalue weighted by molar-refractivity contribution is 7.47. The number of aliphatic hydroxyl groups is 3. The van der Waals surface area contributed by atoms with Gasteiger partial charge in [0.05, 0.1) is 52.3 Å². The summed E-state index contributed by atoms with van der Waals surface area (Å²) in [5.74, 6) is -0.590. The molecule has 0 rings (SSSR count). The van der Waals surface area contributed by atoms with Gasteiger partial charge in [-0.2, -0.15) is 0 Å². The van der Waals surface area contributed by atoms with E-state index < -0.39 is 44.8 Å². The van der Waals surface area contributed by atoms with Crippen molar-refractivity contribution >= 4 is 13.8 Å². The standard InChI is InChI=1S/C46H82NO10P/c1-6-8-10-11-12-13-14-15-16-17-18-19-20-23-26-30-38-54-40-43(41-56-58(52,53)55-39-37-47(3,4)5)57-46(51)36-31-35-45(50)44(49)34-29-25-22-21-24-28-33-42(48)32-27-9-7-2/h9,21-22,24-25,27-30,33-34,38,42-45,48-50H,6-8,10-20,23,26,31-32,35-37,39-41H2,1-5H3/p+1/b24-21+,25-22-,27-9-,33-28+,34-29-,38-30+/t42-,43+,44+,45+/m0/s1. The highest BCUT2D eigenvalue weighted by Gasteiger charge is 2.26. The highest BCUT2D eigenvalue weighted by atomic mass is 31.2. The summed E-state index contributed by atoms with van der Waals surface area (Å²) in [6.07, 6.45) is 38.3. The lowest BCUT2D eigenvalue weighted by atomic mass is 10.0. The number of carbonyl (C=O) groups is 1. The number of carbonyl (C=O) groups excluding carboxylic acids is 1. The molecule has 0 aromatic carbocycles. The first-order valence-electron chi connectivity index (χ1n) is 22.1. The topological polar surface area (TPSA) is 152 Å². The van der Waals surface area contributed by atoms with Crippen molar-refractivity contribution in [3.63, 3.8) is 0 Å². The number of nitrogens with zero attached hydrogens (tertiary/aromatic N) is 1. The summed E-state index contributed by atoms with van der Waals surface area (Å²) in [7, 11) is 1.41. The molecule has 11 nitrogen and oxygen atoms in total. The number of hydrogen-bond donors (Lipinski definition) is 4. The first-order valence-corrected chi connectivity index (χ1v) is 23.5. The molecule has 0 aliphatic carbocycles. The van der Waals surface area contributed by atoms with E-state index >= 15 is 0 Å². The quantitative estimate of drug-likeness (QED) is 0.00895. The maximum Gasteiger partial charge on any atom is 0.472 e. The Kier molecular flexibility index (Phi) is 36.1. The molecule has 4 N–H and O–H groups in total. The highest BCUT2D eigenvalue weighted by Crippen LogP contribution is 2.43. The third-order valence-corrected chi connectivity index (χ3v) is 10.2. The Morgan fingerprint density at radius 2 is 1.26 bits per heavy atom. The van der Waals surface area contributed by atoms with Crippen LogP contribution in [0.4, 0.5) is 0 Å². The van der Waals surface area contributed by atoms with Crippen LogP contribution in [-0.2, 0) is 27.9 Å². The Balaban J connectivity index is 4.65. The molecule has 0 aliphatic rings. The van der Waals surface area contributed by atoms with Gasteiger partial charge in [0.25, 0.3) is 0 Å². The van der Waals surface area contributed by atoms with Crippen molar-refractivity contribution in [2.24, 2.45) is 0 Å². The maximum absolute atomic E-state index is 12.7. The van der Waals surface area contributed by atoms with Gasteiger partial charge >= 0.3 is 13.8 Å². The van der Waals surface area contributed by atoms with E-state index in [1.807, 2.05) is 46.3 Å². The number of allylic oxidation sites excluding steroid dienone is 8. The molecule has 12 heteroatoms. The van der Waals surface area contributed by atoms with Crippen molar-refractivity contribution in [2.75, 3.05) is 47.5 Å². The van der Waals surface area contributed by atoms with Crippen molar-refractivity contribution in [3.8, 4) is 0 Å². The average Bonchev–Trinajstić information content (AvgIpc) is 3.16. The van der Waals surface area contributed by atoms with E-state index in [2.05, 4.69) is 6.92 Å². The molecular weight excluding hydrogens is 757 g/mol. The first-order chi connectivity index (χ1) is 27.8. The van der Waals surface area contributed by atoms with E-state index in [4.69, 9.17) is 18.5 Å². The Morgan fingerprint density at radius 1 is 0.690 bits per heavy atom. The Morgan fingerprint density at radius 3 is 1.84 bits per heavy atom. The molecule has 0 amide bonds. The van der Waals surface area contributed by atoms with Gasteiger partial charge < -0.3 is 34.2 Å². The zero-order valence-corrected chi connectivity index (χ0v) is 37.7. The fraction of sp³-hybridized carbons (Fsp3) is 0.717. The minimum atomic E-state index is -4.39. The van der Waals surface area contributed by atoms with Gasteiger partial charge in [0.1, 0.15) is 19.8 Å². The van der Waals surface area contributed by atoms with Crippen LogP contribution in [-0.4, -0.2) is 103 Å². The normalized spacial score (nSPS) is 16.0. The molecule has 0 aromatic rings. The van der Waals surface area contributed by atoms with Crippen molar-refractivity contribution in [1.82, 2.24) is 0 Å². The van der Waals surface area contributed by atoms with Crippen LogP contribution >= 0.6 is 7.82 Å². The van der Waals surface area contributed by atoms with Gasteiger partial charge in [0, 0.05) is 6.42 Å². The van der Waals surface area contributed by atoms with Crippen LogP contribution in [0.25, 0.3) is 0 Å². The summed E-state index contributed by atoms with van der Waals surface area (Å²) in [4.78, 5) is 22.9. The molecule has 0 heterocycles. The second-order valence-corrected chi connectivity index (χ2v) is 17.4. The van der Waals surface area contributed by atoms with E-state index in [0.29, 0.717) is 17.4 Å². The molecular formula is C46H83NO10P+. The molecule has 0 saturated heterocycles. The number of hydrogen-bond acceptors (Lipinski definition) is 9. The minimum Gasteiger partial charge on any atom is -0.498 e. The number of rotatable bonds is 39. The first kappa shape index (κ1) is 55.7. The predicted molar refractivity (Wildman–Crippen MR) is 237 cm³/mol. The molecule has 0 aromatic heterocycles.